The fraction of sp³-hybridized carbons (Fsp3) is 0.867. The van der Waals surface area contributed by atoms with Gasteiger partial charge in [-0.1, -0.05) is 20.8 Å². The fourth-order valence-electron chi connectivity index (χ4n) is 2.62. The Kier molecular flexibility index (Phi) is 5.19. The molecule has 5 nitrogen and oxygen atoms in total. The van der Waals surface area contributed by atoms with Crippen LogP contribution in [0.2, 0.25) is 0 Å². The maximum absolute atomic E-state index is 12.6. The maximum Gasteiger partial charge on any atom is 0.248 e. The first kappa shape index (κ1) is 17.0. The van der Waals surface area contributed by atoms with Crippen LogP contribution in [-0.4, -0.2) is 48.1 Å². The summed E-state index contributed by atoms with van der Waals surface area (Å²) >= 11 is 0. The molecule has 0 aliphatic carbocycles. The highest BCUT2D eigenvalue weighted by molar-refractivity contribution is 5.99. The molecule has 1 saturated heterocycles. The third-order valence-corrected chi connectivity index (χ3v) is 3.50. The quantitative estimate of drug-likeness (QED) is 0.780. The van der Waals surface area contributed by atoms with Crippen molar-refractivity contribution in [1.29, 1.82) is 0 Å². The number of nitrogens with one attached hydrogen (secondary N) is 1. The molecule has 1 fully saturated rings. The number of carbonyl (C=O) groups excluding carboxylic acids is 2. The number of hydrogen-bond donors (Lipinski definition) is 1. The molecule has 1 aliphatic heterocycles. The van der Waals surface area contributed by atoms with Crippen LogP contribution >= 0.6 is 0 Å². The van der Waals surface area contributed by atoms with Gasteiger partial charge in [0, 0.05) is 19.8 Å². The van der Waals surface area contributed by atoms with Crippen molar-refractivity contribution in [2.45, 2.75) is 59.5 Å². The van der Waals surface area contributed by atoms with Crippen LogP contribution in [0.1, 0.15) is 48.0 Å². The minimum atomic E-state index is -0.829. The SMILES string of the molecule is CCOCCCN1C(=O)C(C)(C)NC(=O)C1C(C)(C)C. The number of piperazine rings is 1. The summed E-state index contributed by atoms with van der Waals surface area (Å²) in [5.74, 6) is -0.0907. The number of rotatable bonds is 5. The Morgan fingerprint density at radius 3 is 2.40 bits per heavy atom. The summed E-state index contributed by atoms with van der Waals surface area (Å²) in [5.41, 5.74) is -1.12. The molecule has 0 aromatic rings. The molecule has 20 heavy (non-hydrogen) atoms. The van der Waals surface area contributed by atoms with Crippen LogP contribution in [-0.2, 0) is 14.3 Å². The van der Waals surface area contributed by atoms with E-state index in [-0.39, 0.29) is 17.2 Å². The second kappa shape index (κ2) is 6.12. The molecule has 1 N–H and O–H groups in total. The van der Waals surface area contributed by atoms with Gasteiger partial charge in [-0.2, -0.15) is 0 Å². The molecule has 0 radical (unpaired) electrons. The molecular weight excluding hydrogens is 256 g/mol. The van der Waals surface area contributed by atoms with Crippen LogP contribution < -0.4 is 5.32 Å². The van der Waals surface area contributed by atoms with Crippen LogP contribution in [0.25, 0.3) is 0 Å². The zero-order valence-electron chi connectivity index (χ0n) is 13.6. The second-order valence-electron chi connectivity index (χ2n) is 6.93. The molecule has 116 valence electrons. The van der Waals surface area contributed by atoms with Crippen molar-refractivity contribution >= 4 is 11.8 Å². The van der Waals surface area contributed by atoms with E-state index < -0.39 is 11.6 Å². The molecule has 0 aromatic carbocycles. The van der Waals surface area contributed by atoms with Crippen molar-refractivity contribution in [2.75, 3.05) is 19.8 Å². The third-order valence-electron chi connectivity index (χ3n) is 3.50. The largest absolute Gasteiger partial charge is 0.382 e. The molecule has 1 unspecified atom stereocenters. The summed E-state index contributed by atoms with van der Waals surface area (Å²) in [7, 11) is 0. The molecule has 2 amide bonds. The van der Waals surface area contributed by atoms with E-state index >= 15 is 0 Å². The zero-order chi connectivity index (χ0) is 15.6. The van der Waals surface area contributed by atoms with Gasteiger partial charge in [0.2, 0.25) is 11.8 Å². The van der Waals surface area contributed by atoms with Crippen molar-refractivity contribution in [3.05, 3.63) is 0 Å². The van der Waals surface area contributed by atoms with Crippen LogP contribution in [0.5, 0.6) is 0 Å². The summed E-state index contributed by atoms with van der Waals surface area (Å²) in [5, 5.41) is 2.83. The second-order valence-corrected chi connectivity index (χ2v) is 6.93. The van der Waals surface area contributed by atoms with Crippen molar-refractivity contribution in [2.24, 2.45) is 5.41 Å². The molecule has 0 bridgehead atoms. The Labute approximate surface area is 122 Å². The molecule has 1 heterocycles. The van der Waals surface area contributed by atoms with E-state index in [1.807, 2.05) is 27.7 Å². The van der Waals surface area contributed by atoms with Gasteiger partial charge in [0.1, 0.15) is 11.6 Å². The van der Waals surface area contributed by atoms with Crippen LogP contribution in [0.15, 0.2) is 0 Å². The smallest absolute Gasteiger partial charge is 0.248 e. The van der Waals surface area contributed by atoms with Crippen LogP contribution in [0.4, 0.5) is 0 Å². The van der Waals surface area contributed by atoms with E-state index in [0.29, 0.717) is 19.8 Å². The first-order valence-electron chi connectivity index (χ1n) is 7.32. The average Bonchev–Trinajstić information content (AvgIpc) is 2.28. The first-order chi connectivity index (χ1) is 9.11. The normalized spacial score (nSPS) is 22.9. The lowest BCUT2D eigenvalue weighted by molar-refractivity contribution is -0.158. The topological polar surface area (TPSA) is 58.6 Å². The highest BCUT2D eigenvalue weighted by Crippen LogP contribution is 2.30. The van der Waals surface area contributed by atoms with Crippen molar-refractivity contribution < 1.29 is 14.3 Å². The van der Waals surface area contributed by atoms with E-state index in [0.717, 1.165) is 6.42 Å². The van der Waals surface area contributed by atoms with Gasteiger partial charge in [0.05, 0.1) is 0 Å². The van der Waals surface area contributed by atoms with Crippen molar-refractivity contribution in [3.8, 4) is 0 Å². The Bertz CT molecular complexity index is 372. The number of nitrogens with zero attached hydrogens (tertiary/aromatic N) is 1. The van der Waals surface area contributed by atoms with Crippen LogP contribution in [0.3, 0.4) is 0 Å². The Balaban J connectivity index is 2.90. The maximum atomic E-state index is 12.6. The minimum Gasteiger partial charge on any atom is -0.382 e. The minimum absolute atomic E-state index is 0.0199. The highest BCUT2D eigenvalue weighted by atomic mass is 16.5. The summed E-state index contributed by atoms with van der Waals surface area (Å²) < 4.78 is 5.32. The molecule has 0 saturated carbocycles. The van der Waals surface area contributed by atoms with Gasteiger partial charge >= 0.3 is 0 Å². The molecule has 1 rings (SSSR count). The molecular formula is C15H28N2O3. The predicted molar refractivity (Wildman–Crippen MR) is 78.3 cm³/mol. The van der Waals surface area contributed by atoms with E-state index in [9.17, 15) is 9.59 Å². The average molecular weight is 284 g/mol. The van der Waals surface area contributed by atoms with Gasteiger partial charge in [-0.15, -0.1) is 0 Å². The van der Waals surface area contributed by atoms with Gasteiger partial charge in [0.15, 0.2) is 0 Å². The van der Waals surface area contributed by atoms with Crippen molar-refractivity contribution in [1.82, 2.24) is 10.2 Å². The summed E-state index contributed by atoms with van der Waals surface area (Å²) in [4.78, 5) is 26.7. The van der Waals surface area contributed by atoms with E-state index in [1.165, 1.54) is 0 Å². The summed E-state index contributed by atoms with van der Waals surface area (Å²) in [6, 6.07) is -0.426. The van der Waals surface area contributed by atoms with Crippen molar-refractivity contribution in [3.63, 3.8) is 0 Å². The van der Waals surface area contributed by atoms with Gasteiger partial charge in [-0.25, -0.2) is 0 Å². The Hall–Kier alpha value is -1.10. The lowest BCUT2D eigenvalue weighted by Gasteiger charge is -2.47. The number of hydrogen-bond acceptors (Lipinski definition) is 3. The van der Waals surface area contributed by atoms with Gasteiger partial charge in [-0.05, 0) is 32.6 Å². The third kappa shape index (κ3) is 3.72. The highest BCUT2D eigenvalue weighted by Gasteiger charge is 2.49. The monoisotopic (exact) mass is 284 g/mol. The Morgan fingerprint density at radius 1 is 1.30 bits per heavy atom. The first-order valence-corrected chi connectivity index (χ1v) is 7.32. The summed E-state index contributed by atoms with van der Waals surface area (Å²) in [6.07, 6.45) is 0.746. The standard InChI is InChI=1S/C15H28N2O3/c1-7-20-10-8-9-17-11(14(2,3)4)12(18)16-15(5,6)13(17)19/h11H,7-10H2,1-6H3,(H,16,18). The summed E-state index contributed by atoms with van der Waals surface area (Å²) in [6.45, 7) is 13.2. The zero-order valence-corrected chi connectivity index (χ0v) is 13.6. The van der Waals surface area contributed by atoms with Gasteiger partial charge < -0.3 is 15.0 Å². The molecule has 1 atom stereocenters. The van der Waals surface area contributed by atoms with Gasteiger partial charge in [0.25, 0.3) is 0 Å². The van der Waals surface area contributed by atoms with Crippen LogP contribution in [0, 0.1) is 5.41 Å². The van der Waals surface area contributed by atoms with E-state index in [2.05, 4.69) is 5.32 Å². The number of carbonyl (C=O) groups is 2. The predicted octanol–water partition coefficient (Wildman–Crippen LogP) is 1.56. The fourth-order valence-corrected chi connectivity index (χ4v) is 2.62. The lowest BCUT2D eigenvalue weighted by atomic mass is 9.81. The van der Waals surface area contributed by atoms with E-state index in [4.69, 9.17) is 4.74 Å². The molecule has 1 aliphatic rings. The Morgan fingerprint density at radius 2 is 1.90 bits per heavy atom. The van der Waals surface area contributed by atoms with E-state index in [1.54, 1.807) is 18.7 Å². The molecule has 5 heteroatoms. The van der Waals surface area contributed by atoms with Gasteiger partial charge in [-0.3, -0.25) is 9.59 Å². The molecule has 0 spiro atoms. The number of ether oxygens (including phenoxy) is 1. The number of amides is 2. The lowest BCUT2D eigenvalue weighted by Crippen LogP contribution is -2.70. The molecule has 0 aromatic heterocycles.